The molecule has 4 aliphatic rings. The molecule has 0 aromatic heterocycles. The molecule has 3 fully saturated rings. The Labute approximate surface area is 151 Å². The maximum Gasteiger partial charge on any atom is 0.155 e. The second-order valence-corrected chi connectivity index (χ2v) is 9.50. The van der Waals surface area contributed by atoms with E-state index in [1.54, 1.807) is 0 Å². The predicted octanol–water partition coefficient (Wildman–Crippen LogP) is 4.71. The molecule has 0 bridgehead atoms. The van der Waals surface area contributed by atoms with Gasteiger partial charge in [-0.2, -0.15) is 0 Å². The van der Waals surface area contributed by atoms with Crippen LogP contribution in [0.25, 0.3) is 0 Å². The lowest BCUT2D eigenvalue weighted by Crippen LogP contribution is -2.48. The van der Waals surface area contributed by atoms with Gasteiger partial charge < -0.3 is 5.11 Å². The molecule has 3 saturated carbocycles. The van der Waals surface area contributed by atoms with E-state index in [-0.39, 0.29) is 11.3 Å². The summed E-state index contributed by atoms with van der Waals surface area (Å²) >= 11 is 0. The lowest BCUT2D eigenvalue weighted by atomic mass is 9.51. The fourth-order valence-electron chi connectivity index (χ4n) is 7.67. The van der Waals surface area contributed by atoms with E-state index < -0.39 is 12.8 Å². The van der Waals surface area contributed by atoms with Crippen molar-refractivity contribution in [2.45, 2.75) is 71.3 Å². The van der Waals surface area contributed by atoms with Gasteiger partial charge in [-0.1, -0.05) is 25.8 Å². The van der Waals surface area contributed by atoms with Crippen molar-refractivity contribution in [1.82, 2.24) is 0 Å². The summed E-state index contributed by atoms with van der Waals surface area (Å²) in [5.41, 5.74) is 1.52. The van der Waals surface area contributed by atoms with Gasteiger partial charge in [0.15, 0.2) is 5.78 Å². The Kier molecular flexibility index (Phi) is 4.58. The van der Waals surface area contributed by atoms with Crippen LogP contribution in [0, 0.1) is 40.9 Å². The fraction of sp³-hybridized carbons (Fsp3) is 0.864. The van der Waals surface area contributed by atoms with Crippen LogP contribution in [0.3, 0.4) is 0 Å². The summed E-state index contributed by atoms with van der Waals surface area (Å²) in [6, 6.07) is 0. The van der Waals surface area contributed by atoms with Crippen molar-refractivity contribution in [1.29, 1.82) is 0 Å². The molecular formula is C22H33FO2. The summed E-state index contributed by atoms with van der Waals surface area (Å²) in [5.74, 6) is 3.57. The maximum atomic E-state index is 13.4. The molecule has 8 atom stereocenters. The molecule has 2 nitrogen and oxygen atoms in total. The summed E-state index contributed by atoms with van der Waals surface area (Å²) in [6.45, 7) is 3.95. The molecule has 1 unspecified atom stereocenters. The van der Waals surface area contributed by atoms with E-state index in [9.17, 15) is 14.3 Å². The number of hydrogen-bond donors (Lipinski definition) is 1. The van der Waals surface area contributed by atoms with Gasteiger partial charge in [0, 0.05) is 6.42 Å². The van der Waals surface area contributed by atoms with Gasteiger partial charge in [-0.15, -0.1) is 0 Å². The molecule has 0 radical (unpaired) electrons. The second-order valence-electron chi connectivity index (χ2n) is 9.50. The van der Waals surface area contributed by atoms with Crippen molar-refractivity contribution in [3.8, 4) is 0 Å². The van der Waals surface area contributed by atoms with Crippen LogP contribution in [0.5, 0.6) is 0 Å². The topological polar surface area (TPSA) is 37.3 Å². The molecule has 0 aliphatic heterocycles. The number of carbonyl (C=O) groups excluding carboxylic acids is 1. The van der Waals surface area contributed by atoms with E-state index in [0.717, 1.165) is 32.1 Å². The summed E-state index contributed by atoms with van der Waals surface area (Å²) in [5, 5.41) is 10.5. The Morgan fingerprint density at radius 1 is 1.28 bits per heavy atom. The average molecular weight is 348 g/mol. The van der Waals surface area contributed by atoms with Crippen molar-refractivity contribution in [2.24, 2.45) is 40.9 Å². The van der Waals surface area contributed by atoms with Crippen LogP contribution in [0.4, 0.5) is 4.39 Å². The quantitative estimate of drug-likeness (QED) is 0.803. The standard InChI is InChI=1S/C22H33FO2/c1-3-13-11-19-18-6-4-14-10-15(24)5-7-16(14)17(18)8-9-22(19,2)21(13)20(25)12-23/h10,13,16-21,25H,3-9,11-12H2,1-2H3/t13-,16+,17-,18-,19+,20?,21-,22+/m1/s1/i23-1. The molecule has 25 heavy (non-hydrogen) atoms. The Morgan fingerprint density at radius 3 is 2.80 bits per heavy atom. The van der Waals surface area contributed by atoms with Crippen molar-refractivity contribution >= 4 is 5.78 Å². The molecule has 0 aromatic carbocycles. The number of ketones is 1. The molecule has 0 amide bonds. The number of hydrogen-bond acceptors (Lipinski definition) is 2. The third-order valence-electron chi connectivity index (χ3n) is 8.66. The largest absolute Gasteiger partial charge is 0.390 e. The normalized spacial score (nSPS) is 47.5. The fourth-order valence-corrected chi connectivity index (χ4v) is 7.67. The highest BCUT2D eigenvalue weighted by atomic mass is 18.2. The third kappa shape index (κ3) is 2.64. The first-order chi connectivity index (χ1) is 12.0. The van der Waals surface area contributed by atoms with E-state index >= 15 is 0 Å². The minimum atomic E-state index is -0.789. The summed E-state index contributed by atoms with van der Waals surface area (Å²) in [4.78, 5) is 11.8. The first-order valence-electron chi connectivity index (χ1n) is 10.5. The van der Waals surface area contributed by atoms with E-state index in [4.69, 9.17) is 0 Å². The Balaban J connectivity index is 1.62. The van der Waals surface area contributed by atoms with Crippen LogP contribution >= 0.6 is 0 Å². The Bertz CT molecular complexity index is 570. The summed E-state index contributed by atoms with van der Waals surface area (Å²) in [6.07, 6.45) is 9.74. The van der Waals surface area contributed by atoms with Crippen LogP contribution in [0.15, 0.2) is 11.6 Å². The molecule has 0 saturated heterocycles. The summed E-state index contributed by atoms with van der Waals surface area (Å²) in [7, 11) is 0. The highest BCUT2D eigenvalue weighted by Gasteiger charge is 2.60. The van der Waals surface area contributed by atoms with Gasteiger partial charge in [0.1, 0.15) is 6.67 Å². The van der Waals surface area contributed by atoms with Gasteiger partial charge in [-0.3, -0.25) is 4.79 Å². The average Bonchev–Trinajstić information content (AvgIpc) is 2.93. The summed E-state index contributed by atoms with van der Waals surface area (Å²) < 4.78 is 13.4. The molecular weight excluding hydrogens is 314 g/mol. The molecule has 140 valence electrons. The Hall–Kier alpha value is -0.700. The van der Waals surface area contributed by atoms with Crippen molar-refractivity contribution < 1.29 is 14.3 Å². The highest BCUT2D eigenvalue weighted by molar-refractivity contribution is 5.91. The van der Waals surface area contributed by atoms with Crippen LogP contribution < -0.4 is 0 Å². The van der Waals surface area contributed by atoms with Crippen molar-refractivity contribution in [3.05, 3.63) is 11.6 Å². The number of aliphatic hydroxyl groups is 1. The zero-order valence-electron chi connectivity index (χ0n) is 15.7. The minimum Gasteiger partial charge on any atom is -0.390 e. The van der Waals surface area contributed by atoms with Crippen LogP contribution in [-0.2, 0) is 4.79 Å². The highest BCUT2D eigenvalue weighted by Crippen LogP contribution is 2.66. The van der Waals surface area contributed by atoms with Gasteiger partial charge in [-0.05, 0) is 85.5 Å². The van der Waals surface area contributed by atoms with Crippen LogP contribution in [0.2, 0.25) is 0 Å². The minimum absolute atomic E-state index is 0.0963. The Morgan fingerprint density at radius 2 is 2.08 bits per heavy atom. The van der Waals surface area contributed by atoms with Gasteiger partial charge in [0.2, 0.25) is 0 Å². The van der Waals surface area contributed by atoms with Crippen molar-refractivity contribution in [3.63, 3.8) is 0 Å². The molecule has 4 aliphatic carbocycles. The van der Waals surface area contributed by atoms with Gasteiger partial charge in [0.25, 0.3) is 0 Å². The number of rotatable bonds is 3. The molecule has 0 aromatic rings. The molecule has 4 rings (SSSR count). The predicted molar refractivity (Wildman–Crippen MR) is 96.7 cm³/mol. The number of aliphatic hydroxyl groups excluding tert-OH is 1. The smallest absolute Gasteiger partial charge is 0.155 e. The zero-order valence-corrected chi connectivity index (χ0v) is 15.7. The number of alkyl halides is 1. The third-order valence-corrected chi connectivity index (χ3v) is 8.66. The van der Waals surface area contributed by atoms with E-state index in [0.29, 0.717) is 35.4 Å². The number of halogens is 1. The first-order valence-corrected chi connectivity index (χ1v) is 10.5. The van der Waals surface area contributed by atoms with E-state index in [2.05, 4.69) is 13.8 Å². The second kappa shape index (κ2) is 6.48. The van der Waals surface area contributed by atoms with Gasteiger partial charge in [-0.25, -0.2) is 4.39 Å². The number of allylic oxidation sites excluding steroid dienone is 1. The molecule has 3 heteroatoms. The number of carbonyl (C=O) groups is 1. The number of fused-ring (bicyclic) bond motifs is 5. The van der Waals surface area contributed by atoms with Crippen LogP contribution in [0.1, 0.15) is 65.2 Å². The van der Waals surface area contributed by atoms with E-state index in [1.165, 1.54) is 24.8 Å². The molecule has 0 heterocycles. The molecule has 0 spiro atoms. The monoisotopic (exact) mass is 347 g/mol. The van der Waals surface area contributed by atoms with Gasteiger partial charge >= 0.3 is 0 Å². The maximum absolute atomic E-state index is 13.4. The van der Waals surface area contributed by atoms with Gasteiger partial charge in [0.05, 0.1) is 6.10 Å². The molecule has 1 N–H and O–H groups in total. The lowest BCUT2D eigenvalue weighted by molar-refractivity contribution is -0.116. The zero-order chi connectivity index (χ0) is 17.8. The lowest BCUT2D eigenvalue weighted by Gasteiger charge is -2.54. The van der Waals surface area contributed by atoms with E-state index in [1.807, 2.05) is 6.08 Å². The first kappa shape index (κ1) is 17.7. The SMILES string of the molecule is CC[C@@H]1C[C@H]2[C@@H]3CCC4=CC(=O)CC[C@@H]4[C@H]3CC[C@]2(C)[C@H]1C(O)C[18F]. The van der Waals surface area contributed by atoms with Crippen LogP contribution in [-0.4, -0.2) is 23.7 Å². The van der Waals surface area contributed by atoms with Crippen molar-refractivity contribution in [2.75, 3.05) is 6.67 Å².